The van der Waals surface area contributed by atoms with Crippen molar-refractivity contribution in [3.63, 3.8) is 0 Å². The van der Waals surface area contributed by atoms with E-state index in [2.05, 4.69) is 16.4 Å². The van der Waals surface area contributed by atoms with Gasteiger partial charge in [-0.3, -0.25) is 4.79 Å². The van der Waals surface area contributed by atoms with Gasteiger partial charge in [0.05, 0.1) is 6.26 Å². The van der Waals surface area contributed by atoms with Gasteiger partial charge in [0.1, 0.15) is 11.9 Å². The molecule has 0 aliphatic carbocycles. The zero-order valence-electron chi connectivity index (χ0n) is 16.3. The molecule has 1 aliphatic heterocycles. The van der Waals surface area contributed by atoms with Gasteiger partial charge in [0, 0.05) is 25.6 Å². The Bertz CT molecular complexity index is 1030. The van der Waals surface area contributed by atoms with E-state index in [4.69, 9.17) is 8.83 Å². The van der Waals surface area contributed by atoms with E-state index in [-0.39, 0.29) is 29.2 Å². The molecule has 1 fully saturated rings. The number of halogens is 1. The van der Waals surface area contributed by atoms with Crippen molar-refractivity contribution in [2.45, 2.75) is 19.3 Å². The number of rotatable bonds is 6. The van der Waals surface area contributed by atoms with E-state index in [1.54, 1.807) is 24.3 Å². The molecular weight excluding hydrogens is 387 g/mol. The fourth-order valence-electron chi connectivity index (χ4n) is 3.58. The lowest BCUT2D eigenvalue weighted by Crippen LogP contribution is -2.41. The minimum atomic E-state index is -0.267. The van der Waals surface area contributed by atoms with E-state index in [1.165, 1.54) is 18.4 Å². The average Bonchev–Trinajstić information content (AvgIpc) is 3.45. The molecule has 2 aromatic heterocycles. The summed E-state index contributed by atoms with van der Waals surface area (Å²) < 4.78 is 24.0. The minimum absolute atomic E-state index is 0.0195. The molecule has 154 valence electrons. The molecule has 1 amide bonds. The van der Waals surface area contributed by atoms with Crippen LogP contribution in [0.15, 0.2) is 51.5 Å². The summed E-state index contributed by atoms with van der Waals surface area (Å²) in [6, 6.07) is 11.8. The van der Waals surface area contributed by atoms with Crippen LogP contribution in [0.5, 0.6) is 0 Å². The van der Waals surface area contributed by atoms with E-state index in [9.17, 15) is 14.4 Å². The van der Waals surface area contributed by atoms with Gasteiger partial charge in [-0.1, -0.05) is 12.1 Å². The van der Waals surface area contributed by atoms with Crippen LogP contribution < -0.4 is 10.2 Å². The predicted octanol–water partition coefficient (Wildman–Crippen LogP) is 3.52. The van der Waals surface area contributed by atoms with Gasteiger partial charge in [-0.2, -0.15) is 10.2 Å². The van der Waals surface area contributed by atoms with E-state index in [1.807, 2.05) is 4.90 Å². The fourth-order valence-corrected chi connectivity index (χ4v) is 3.58. The monoisotopic (exact) mass is 408 g/mol. The second-order valence-electron chi connectivity index (χ2n) is 7.19. The molecule has 4 rings (SSSR count). The van der Waals surface area contributed by atoms with E-state index >= 15 is 0 Å². The molecule has 1 aromatic carbocycles. The quantitative estimate of drug-likeness (QED) is 0.671. The summed E-state index contributed by atoms with van der Waals surface area (Å²) in [5.41, 5.74) is 1.19. The van der Waals surface area contributed by atoms with Gasteiger partial charge < -0.3 is 19.1 Å². The van der Waals surface area contributed by atoms with Crippen LogP contribution in [0.3, 0.4) is 0 Å². The Hall–Kier alpha value is -3.60. The molecule has 8 heteroatoms. The highest BCUT2D eigenvalue weighted by atomic mass is 19.1. The van der Waals surface area contributed by atoms with Crippen LogP contribution >= 0.6 is 0 Å². The molecule has 7 nitrogen and oxygen atoms in total. The van der Waals surface area contributed by atoms with Crippen molar-refractivity contribution in [1.29, 1.82) is 5.26 Å². The largest absolute Gasteiger partial charge is 0.459 e. The smallest absolute Gasteiger partial charge is 0.266 e. The lowest BCUT2D eigenvalue weighted by atomic mass is 9.96. The summed E-state index contributed by atoms with van der Waals surface area (Å²) in [6.07, 6.45) is 3.49. The molecule has 0 spiro atoms. The molecule has 3 aromatic rings. The first-order valence-electron chi connectivity index (χ1n) is 9.86. The Morgan fingerprint density at radius 2 is 2.03 bits per heavy atom. The summed E-state index contributed by atoms with van der Waals surface area (Å²) in [5.74, 6) is 0.815. The standard InChI is InChI=1S/C22H21FN4O3/c23-17-5-3-15(4-6-17)7-10-25-20(28)16-8-11-27(12-9-16)22-18(14-24)26-21(30-22)19-2-1-13-29-19/h1-6,13,16H,7-12H2,(H,25,28). The number of hydrogen-bond acceptors (Lipinski definition) is 6. The Morgan fingerprint density at radius 1 is 1.27 bits per heavy atom. The highest BCUT2D eigenvalue weighted by Crippen LogP contribution is 2.31. The topological polar surface area (TPSA) is 95.3 Å². The van der Waals surface area contributed by atoms with Crippen molar-refractivity contribution < 1.29 is 18.0 Å². The summed E-state index contributed by atoms with van der Waals surface area (Å²) in [4.78, 5) is 18.6. The fraction of sp³-hybridized carbons (Fsp3) is 0.318. The van der Waals surface area contributed by atoms with Crippen molar-refractivity contribution >= 4 is 11.8 Å². The molecule has 0 unspecified atom stereocenters. The summed E-state index contributed by atoms with van der Waals surface area (Å²) >= 11 is 0. The number of amides is 1. The molecule has 1 saturated heterocycles. The van der Waals surface area contributed by atoms with Gasteiger partial charge in [0.2, 0.25) is 17.5 Å². The van der Waals surface area contributed by atoms with E-state index in [0.717, 1.165) is 5.56 Å². The van der Waals surface area contributed by atoms with Crippen molar-refractivity contribution in [1.82, 2.24) is 10.3 Å². The maximum absolute atomic E-state index is 12.9. The lowest BCUT2D eigenvalue weighted by molar-refractivity contribution is -0.125. The zero-order chi connectivity index (χ0) is 20.9. The molecule has 1 N–H and O–H groups in total. The van der Waals surface area contributed by atoms with Crippen LogP contribution in [-0.2, 0) is 11.2 Å². The first-order chi connectivity index (χ1) is 14.6. The van der Waals surface area contributed by atoms with Gasteiger partial charge >= 0.3 is 0 Å². The molecule has 3 heterocycles. The van der Waals surface area contributed by atoms with Gasteiger partial charge in [-0.05, 0) is 49.1 Å². The number of oxazole rings is 1. The number of hydrogen-bond donors (Lipinski definition) is 1. The third kappa shape index (κ3) is 4.35. The normalized spacial score (nSPS) is 14.5. The first kappa shape index (κ1) is 19.7. The molecule has 0 radical (unpaired) electrons. The van der Waals surface area contributed by atoms with Crippen LogP contribution in [-0.4, -0.2) is 30.5 Å². The Morgan fingerprint density at radius 3 is 2.70 bits per heavy atom. The second-order valence-corrected chi connectivity index (χ2v) is 7.19. The van der Waals surface area contributed by atoms with Gasteiger partial charge in [-0.25, -0.2) is 4.39 Å². The third-order valence-corrected chi connectivity index (χ3v) is 5.23. The Labute approximate surface area is 173 Å². The number of anilines is 1. The SMILES string of the molecule is N#Cc1nc(-c2ccco2)oc1N1CCC(C(=O)NCCc2ccc(F)cc2)CC1. The average molecular weight is 408 g/mol. The highest BCUT2D eigenvalue weighted by Gasteiger charge is 2.29. The number of nitrogens with one attached hydrogen (secondary N) is 1. The molecule has 0 saturated carbocycles. The Balaban J connectivity index is 1.30. The van der Waals surface area contributed by atoms with Crippen LogP contribution in [0.4, 0.5) is 10.3 Å². The Kier molecular flexibility index (Phi) is 5.80. The molecular formula is C22H21FN4O3. The number of nitrogens with zero attached hydrogens (tertiary/aromatic N) is 3. The predicted molar refractivity (Wildman–Crippen MR) is 107 cm³/mol. The van der Waals surface area contributed by atoms with Crippen LogP contribution in [0, 0.1) is 23.1 Å². The maximum atomic E-state index is 12.9. The van der Waals surface area contributed by atoms with Crippen LogP contribution in [0.2, 0.25) is 0 Å². The number of nitriles is 1. The van der Waals surface area contributed by atoms with E-state index < -0.39 is 0 Å². The van der Waals surface area contributed by atoms with Crippen molar-refractivity contribution in [2.75, 3.05) is 24.5 Å². The molecule has 0 bridgehead atoms. The zero-order valence-corrected chi connectivity index (χ0v) is 16.3. The lowest BCUT2D eigenvalue weighted by Gasteiger charge is -2.30. The summed E-state index contributed by atoms with van der Waals surface area (Å²) in [5, 5.41) is 12.4. The maximum Gasteiger partial charge on any atom is 0.266 e. The van der Waals surface area contributed by atoms with E-state index in [0.29, 0.717) is 50.5 Å². The van der Waals surface area contributed by atoms with Crippen molar-refractivity contribution in [2.24, 2.45) is 5.92 Å². The first-order valence-corrected chi connectivity index (χ1v) is 9.86. The van der Waals surface area contributed by atoms with Crippen LogP contribution in [0.1, 0.15) is 24.1 Å². The number of carbonyl (C=O) groups excluding carboxylic acids is 1. The van der Waals surface area contributed by atoms with Crippen LogP contribution in [0.25, 0.3) is 11.7 Å². The van der Waals surface area contributed by atoms with Gasteiger partial charge in [-0.15, -0.1) is 0 Å². The summed E-state index contributed by atoms with van der Waals surface area (Å²) in [6.45, 7) is 1.70. The molecule has 30 heavy (non-hydrogen) atoms. The number of piperidine rings is 1. The number of aromatic nitrogens is 1. The highest BCUT2D eigenvalue weighted by molar-refractivity contribution is 5.79. The molecule has 1 aliphatic rings. The number of carbonyl (C=O) groups is 1. The van der Waals surface area contributed by atoms with Gasteiger partial charge in [0.25, 0.3) is 5.89 Å². The minimum Gasteiger partial charge on any atom is -0.459 e. The summed E-state index contributed by atoms with van der Waals surface area (Å²) in [7, 11) is 0. The molecule has 0 atom stereocenters. The third-order valence-electron chi connectivity index (χ3n) is 5.23. The number of furan rings is 1. The van der Waals surface area contributed by atoms with Crippen molar-refractivity contribution in [3.8, 4) is 17.7 Å². The van der Waals surface area contributed by atoms with Gasteiger partial charge in [0.15, 0.2) is 5.76 Å². The second kappa shape index (κ2) is 8.82. The van der Waals surface area contributed by atoms with Crippen molar-refractivity contribution in [3.05, 3.63) is 59.7 Å². The number of benzene rings is 1.